The van der Waals surface area contributed by atoms with Crippen LogP contribution >= 0.6 is 0 Å². The van der Waals surface area contributed by atoms with E-state index in [1.807, 2.05) is 18.3 Å². The number of allylic oxidation sites excluding steroid dienone is 1. The Labute approximate surface area is 117 Å². The number of hydrogen-bond acceptors (Lipinski definition) is 4. The van der Waals surface area contributed by atoms with Crippen molar-refractivity contribution < 1.29 is 5.11 Å². The van der Waals surface area contributed by atoms with Crippen molar-refractivity contribution in [2.75, 3.05) is 13.2 Å². The third-order valence-corrected chi connectivity index (χ3v) is 3.26. The second kappa shape index (κ2) is 5.79. The highest BCUT2D eigenvalue weighted by Crippen LogP contribution is 2.22. The van der Waals surface area contributed by atoms with Crippen LogP contribution in [0.3, 0.4) is 0 Å². The summed E-state index contributed by atoms with van der Waals surface area (Å²) in [5, 5.41) is 13.2. The summed E-state index contributed by atoms with van der Waals surface area (Å²) in [4.78, 5) is 8.45. The van der Waals surface area contributed by atoms with Crippen LogP contribution in [0.1, 0.15) is 12.0 Å². The topological polar surface area (TPSA) is 63.3 Å². The van der Waals surface area contributed by atoms with E-state index in [2.05, 4.69) is 33.3 Å². The fourth-order valence-electron chi connectivity index (χ4n) is 2.19. The van der Waals surface area contributed by atoms with E-state index in [1.165, 1.54) is 11.1 Å². The zero-order valence-corrected chi connectivity index (χ0v) is 11.1. The predicted molar refractivity (Wildman–Crippen MR) is 78.5 cm³/mol. The highest BCUT2D eigenvalue weighted by Gasteiger charge is 2.06. The fourth-order valence-corrected chi connectivity index (χ4v) is 2.19. The molecule has 1 N–H and O–H groups in total. The molecule has 20 heavy (non-hydrogen) atoms. The van der Waals surface area contributed by atoms with Gasteiger partial charge in [-0.1, -0.05) is 30.3 Å². The first kappa shape index (κ1) is 12.7. The minimum atomic E-state index is 0.0669. The van der Waals surface area contributed by atoms with Crippen molar-refractivity contribution >= 4 is 11.8 Å². The second-order valence-corrected chi connectivity index (χ2v) is 4.61. The molecule has 5 heteroatoms. The number of dihydropyridines is 1. The summed E-state index contributed by atoms with van der Waals surface area (Å²) >= 11 is 0. The van der Waals surface area contributed by atoms with E-state index in [9.17, 15) is 0 Å². The summed E-state index contributed by atoms with van der Waals surface area (Å²) in [7, 11) is 0. The lowest BCUT2D eigenvalue weighted by atomic mass is 10.00. The van der Waals surface area contributed by atoms with Crippen LogP contribution in [0, 0.1) is 0 Å². The molecule has 0 aliphatic carbocycles. The lowest BCUT2D eigenvalue weighted by molar-refractivity contribution is 0.269. The highest BCUT2D eigenvalue weighted by molar-refractivity contribution is 5.81. The van der Waals surface area contributed by atoms with Gasteiger partial charge in [0.15, 0.2) is 5.82 Å². The van der Waals surface area contributed by atoms with Gasteiger partial charge in [-0.3, -0.25) is 9.67 Å². The molecule has 1 aliphatic heterocycles. The molecular weight excluding hydrogens is 252 g/mol. The van der Waals surface area contributed by atoms with Gasteiger partial charge < -0.3 is 5.11 Å². The van der Waals surface area contributed by atoms with Gasteiger partial charge in [-0.15, -0.1) is 0 Å². The Morgan fingerprint density at radius 2 is 1.95 bits per heavy atom. The quantitative estimate of drug-likeness (QED) is 0.919. The van der Waals surface area contributed by atoms with Gasteiger partial charge in [0.25, 0.3) is 0 Å². The molecule has 0 unspecified atom stereocenters. The molecule has 2 heterocycles. The number of benzene rings is 1. The molecule has 0 bridgehead atoms. The Morgan fingerprint density at radius 3 is 2.65 bits per heavy atom. The SMILES string of the molecule is OCCn1cnc(-c2ccc(C3=CCN=CC3)cc2)n1. The van der Waals surface area contributed by atoms with Crippen molar-refractivity contribution in [1.82, 2.24) is 14.8 Å². The molecule has 0 fully saturated rings. The van der Waals surface area contributed by atoms with Crippen LogP contribution in [0.5, 0.6) is 0 Å². The lowest BCUT2D eigenvalue weighted by Crippen LogP contribution is -2.02. The molecule has 0 atom stereocenters. The average Bonchev–Trinajstić information content (AvgIpc) is 2.97. The van der Waals surface area contributed by atoms with Gasteiger partial charge in [0, 0.05) is 18.2 Å². The maximum atomic E-state index is 8.87. The molecule has 0 amide bonds. The van der Waals surface area contributed by atoms with Gasteiger partial charge >= 0.3 is 0 Å². The van der Waals surface area contributed by atoms with Gasteiger partial charge in [0.2, 0.25) is 0 Å². The van der Waals surface area contributed by atoms with Gasteiger partial charge in [-0.2, -0.15) is 5.10 Å². The number of nitrogens with zero attached hydrogens (tertiary/aromatic N) is 4. The van der Waals surface area contributed by atoms with Crippen LogP contribution < -0.4 is 0 Å². The maximum Gasteiger partial charge on any atom is 0.181 e. The Balaban J connectivity index is 1.79. The van der Waals surface area contributed by atoms with Gasteiger partial charge in [-0.25, -0.2) is 4.98 Å². The zero-order valence-electron chi connectivity index (χ0n) is 11.1. The van der Waals surface area contributed by atoms with Crippen molar-refractivity contribution in [2.24, 2.45) is 4.99 Å². The van der Waals surface area contributed by atoms with Gasteiger partial charge in [0.05, 0.1) is 19.7 Å². The first-order valence-corrected chi connectivity index (χ1v) is 6.65. The molecule has 1 aromatic heterocycles. The lowest BCUT2D eigenvalue weighted by Gasteiger charge is -2.08. The fraction of sp³-hybridized carbons (Fsp3) is 0.267. The van der Waals surface area contributed by atoms with Crippen molar-refractivity contribution in [3.8, 4) is 11.4 Å². The molecule has 3 rings (SSSR count). The molecule has 1 aliphatic rings. The van der Waals surface area contributed by atoms with E-state index in [-0.39, 0.29) is 6.61 Å². The van der Waals surface area contributed by atoms with E-state index in [0.717, 1.165) is 18.5 Å². The number of aliphatic hydroxyl groups excluding tert-OH is 1. The van der Waals surface area contributed by atoms with E-state index in [4.69, 9.17) is 5.11 Å². The molecule has 5 nitrogen and oxygen atoms in total. The molecule has 0 spiro atoms. The summed E-state index contributed by atoms with van der Waals surface area (Å²) < 4.78 is 1.64. The molecular formula is C15H16N4O. The van der Waals surface area contributed by atoms with Crippen LogP contribution in [0.15, 0.2) is 41.7 Å². The number of rotatable bonds is 4. The van der Waals surface area contributed by atoms with Crippen molar-refractivity contribution in [1.29, 1.82) is 0 Å². The highest BCUT2D eigenvalue weighted by atomic mass is 16.3. The van der Waals surface area contributed by atoms with Crippen LogP contribution in [0.25, 0.3) is 17.0 Å². The standard InChI is InChI=1S/C15H16N4O/c20-10-9-19-11-17-15(18-19)14-3-1-12(2-4-14)13-5-7-16-8-6-13/h1-5,8,11,20H,6-7,9-10H2. The summed E-state index contributed by atoms with van der Waals surface area (Å²) in [6, 6.07) is 8.24. The zero-order chi connectivity index (χ0) is 13.8. The third-order valence-electron chi connectivity index (χ3n) is 3.26. The Hall–Kier alpha value is -2.27. The maximum absolute atomic E-state index is 8.87. The minimum Gasteiger partial charge on any atom is -0.394 e. The average molecular weight is 268 g/mol. The number of aliphatic hydroxyl groups is 1. The second-order valence-electron chi connectivity index (χ2n) is 4.61. The van der Waals surface area contributed by atoms with E-state index in [1.54, 1.807) is 11.0 Å². The molecule has 102 valence electrons. The molecule has 0 saturated heterocycles. The summed E-state index contributed by atoms with van der Waals surface area (Å²) in [6.45, 7) is 1.30. The van der Waals surface area contributed by atoms with E-state index >= 15 is 0 Å². The summed E-state index contributed by atoms with van der Waals surface area (Å²) in [5.41, 5.74) is 3.51. The monoisotopic (exact) mass is 268 g/mol. The molecule has 0 radical (unpaired) electrons. The predicted octanol–water partition coefficient (Wildman–Crippen LogP) is 1.80. The van der Waals surface area contributed by atoms with Gasteiger partial charge in [-0.05, 0) is 11.1 Å². The van der Waals surface area contributed by atoms with Crippen LogP contribution in [-0.4, -0.2) is 39.2 Å². The molecule has 1 aromatic carbocycles. The third kappa shape index (κ3) is 2.67. The molecule has 0 saturated carbocycles. The number of aliphatic imine (C=N–C) groups is 1. The summed E-state index contributed by atoms with van der Waals surface area (Å²) in [6.07, 6.45) is 6.65. The van der Waals surface area contributed by atoms with Crippen LogP contribution in [0.4, 0.5) is 0 Å². The van der Waals surface area contributed by atoms with Gasteiger partial charge in [0.1, 0.15) is 6.33 Å². The van der Waals surface area contributed by atoms with Crippen molar-refractivity contribution in [3.63, 3.8) is 0 Å². The van der Waals surface area contributed by atoms with Crippen molar-refractivity contribution in [3.05, 3.63) is 42.2 Å². The smallest absolute Gasteiger partial charge is 0.181 e. The van der Waals surface area contributed by atoms with E-state index in [0.29, 0.717) is 12.4 Å². The minimum absolute atomic E-state index is 0.0669. The first-order chi connectivity index (χ1) is 9.86. The van der Waals surface area contributed by atoms with Crippen LogP contribution in [0.2, 0.25) is 0 Å². The number of aromatic nitrogens is 3. The Kier molecular flexibility index (Phi) is 3.69. The largest absolute Gasteiger partial charge is 0.394 e. The molecule has 2 aromatic rings. The Bertz CT molecular complexity index is 640. The first-order valence-electron chi connectivity index (χ1n) is 6.65. The normalized spacial score (nSPS) is 14.3. The van der Waals surface area contributed by atoms with Crippen LogP contribution in [-0.2, 0) is 6.54 Å². The van der Waals surface area contributed by atoms with E-state index < -0.39 is 0 Å². The van der Waals surface area contributed by atoms with Crippen molar-refractivity contribution in [2.45, 2.75) is 13.0 Å². The number of hydrogen-bond donors (Lipinski definition) is 1. The summed E-state index contributed by atoms with van der Waals surface area (Å²) in [5.74, 6) is 0.684. The Morgan fingerprint density at radius 1 is 1.15 bits per heavy atom.